The second-order valence-corrected chi connectivity index (χ2v) is 16.6. The minimum atomic E-state index is -0.0264. The first-order valence-corrected chi connectivity index (χ1v) is 21.0. The van der Waals surface area contributed by atoms with E-state index in [4.69, 9.17) is 15.9 Å². The Balaban J connectivity index is 0.932. The van der Waals surface area contributed by atoms with Gasteiger partial charge in [0.2, 0.25) is 0 Å². The molecule has 10 aromatic rings. The van der Waals surface area contributed by atoms with Gasteiger partial charge in [0.05, 0.1) is 16.8 Å². The molecule has 0 aliphatic carbocycles. The van der Waals surface area contributed by atoms with Gasteiger partial charge in [0.15, 0.2) is 0 Å². The number of aromatic nitrogens is 1. The van der Waals surface area contributed by atoms with Gasteiger partial charge >= 0.3 is 0 Å². The molecule has 280 valence electrons. The van der Waals surface area contributed by atoms with E-state index in [1.807, 2.05) is 36.5 Å². The van der Waals surface area contributed by atoms with Crippen LogP contribution in [0.15, 0.2) is 193 Å². The van der Waals surface area contributed by atoms with Gasteiger partial charge in [-0.25, -0.2) is 0 Å². The first-order chi connectivity index (χ1) is 29.6. The fourth-order valence-electron chi connectivity index (χ4n) is 9.52. The molecule has 0 atom stereocenters. The maximum atomic E-state index is 6.58. The molecule has 12 rings (SSSR count). The van der Waals surface area contributed by atoms with Crippen LogP contribution in [0.25, 0.3) is 81.0 Å². The van der Waals surface area contributed by atoms with Gasteiger partial charge in [-0.05, 0) is 106 Å². The topological polar surface area (TPSA) is 23.4 Å². The zero-order chi connectivity index (χ0) is 39.9. The van der Waals surface area contributed by atoms with Crippen molar-refractivity contribution in [2.45, 2.75) is 6.92 Å². The number of allylic oxidation sites excluding steroid dienone is 4. The van der Waals surface area contributed by atoms with E-state index in [1.54, 1.807) is 6.08 Å². The van der Waals surface area contributed by atoms with Gasteiger partial charge < -0.3 is 14.0 Å². The molecule has 3 nitrogen and oxygen atoms in total. The molecule has 0 radical (unpaired) electrons. The average molecular weight is 784 g/mol. The third-order valence-electron chi connectivity index (χ3n) is 12.2. The monoisotopic (exact) mass is 783 g/mol. The molecule has 0 fully saturated rings. The van der Waals surface area contributed by atoms with Crippen LogP contribution in [0.4, 0.5) is 0 Å². The second-order valence-electron chi connectivity index (χ2n) is 15.5. The average Bonchev–Trinajstić information content (AvgIpc) is 3.85. The molecule has 0 bridgehead atoms. The highest BCUT2D eigenvalue weighted by molar-refractivity contribution is 7.26. The molecule has 60 heavy (non-hydrogen) atoms. The molecule has 5 heteroatoms. The van der Waals surface area contributed by atoms with Gasteiger partial charge in [-0.3, -0.25) is 0 Å². The van der Waals surface area contributed by atoms with Crippen LogP contribution in [-0.4, -0.2) is 11.3 Å². The van der Waals surface area contributed by atoms with Crippen molar-refractivity contribution in [1.29, 1.82) is 0 Å². The number of thiophene rings is 1. The predicted molar refractivity (Wildman–Crippen MR) is 253 cm³/mol. The number of fused-ring (bicyclic) bond motifs is 8. The van der Waals surface area contributed by atoms with Crippen molar-refractivity contribution >= 4 is 71.0 Å². The molecule has 0 N–H and O–H groups in total. The van der Waals surface area contributed by atoms with E-state index in [-0.39, 0.29) is 6.71 Å². The van der Waals surface area contributed by atoms with Crippen LogP contribution >= 0.6 is 11.3 Å². The van der Waals surface area contributed by atoms with Crippen molar-refractivity contribution in [3.8, 4) is 68.7 Å². The van der Waals surface area contributed by atoms with E-state index < -0.39 is 0 Å². The van der Waals surface area contributed by atoms with E-state index in [1.165, 1.54) is 69.9 Å². The van der Waals surface area contributed by atoms with Gasteiger partial charge in [0.25, 0.3) is 6.71 Å². The first kappa shape index (κ1) is 34.5. The van der Waals surface area contributed by atoms with Gasteiger partial charge in [-0.15, -0.1) is 17.8 Å². The number of benzene rings is 8. The summed E-state index contributed by atoms with van der Waals surface area (Å²) in [6.07, 6.45) is 9.37. The van der Waals surface area contributed by atoms with Crippen molar-refractivity contribution in [2.24, 2.45) is 0 Å². The summed E-state index contributed by atoms with van der Waals surface area (Å²) in [6.45, 7) is 1.99. The Bertz CT molecular complexity index is 3510. The summed E-state index contributed by atoms with van der Waals surface area (Å²) in [5, 5.41) is 5.07. The summed E-state index contributed by atoms with van der Waals surface area (Å²) in [5.74, 6) is 5.96. The lowest BCUT2D eigenvalue weighted by Gasteiger charge is -2.33. The van der Waals surface area contributed by atoms with Gasteiger partial charge in [0, 0.05) is 42.1 Å². The molecular formula is C55H34BNO2S. The summed E-state index contributed by atoms with van der Waals surface area (Å²) < 4.78 is 18.1. The SMILES string of the molecule is C#C/C=C\C1=C(C)Oc2cc(-c3ccc(-c4cccc5c4sc4c(-c6ccc7c(c6)c6ccccc6n7-c6ccccc6)cccc45)cc3)cc3c2B1c1ccccc1O3. The second kappa shape index (κ2) is 13.5. The summed E-state index contributed by atoms with van der Waals surface area (Å²) in [6, 6.07) is 61.2. The van der Waals surface area contributed by atoms with Crippen molar-refractivity contribution in [3.63, 3.8) is 0 Å². The zero-order valence-corrected chi connectivity index (χ0v) is 33.5. The lowest BCUT2D eigenvalue weighted by atomic mass is 9.34. The quantitative estimate of drug-likeness (QED) is 0.128. The van der Waals surface area contributed by atoms with Crippen molar-refractivity contribution in [2.75, 3.05) is 0 Å². The van der Waals surface area contributed by atoms with Gasteiger partial charge in [-0.2, -0.15) is 0 Å². The zero-order valence-electron chi connectivity index (χ0n) is 32.6. The molecule has 4 heterocycles. The van der Waals surface area contributed by atoms with Crippen LogP contribution in [0.2, 0.25) is 0 Å². The fourth-order valence-corrected chi connectivity index (χ4v) is 10.9. The summed E-state index contributed by atoms with van der Waals surface area (Å²) in [7, 11) is 0. The Morgan fingerprint density at radius 2 is 1.18 bits per heavy atom. The Labute approximate surface area is 352 Å². The molecule has 2 aromatic heterocycles. The third kappa shape index (κ3) is 5.25. The van der Waals surface area contributed by atoms with Crippen LogP contribution in [0.3, 0.4) is 0 Å². The molecular weight excluding hydrogens is 749 g/mol. The van der Waals surface area contributed by atoms with Crippen molar-refractivity contribution in [3.05, 3.63) is 193 Å². The van der Waals surface area contributed by atoms with Crippen LogP contribution < -0.4 is 20.4 Å². The summed E-state index contributed by atoms with van der Waals surface area (Å²) in [5.41, 5.74) is 13.8. The highest BCUT2D eigenvalue weighted by atomic mass is 32.1. The Morgan fingerprint density at radius 3 is 1.97 bits per heavy atom. The number of rotatable bonds is 5. The first-order valence-electron chi connectivity index (χ1n) is 20.2. The maximum Gasteiger partial charge on any atom is 0.260 e. The lowest BCUT2D eigenvalue weighted by Crippen LogP contribution is -2.50. The van der Waals surface area contributed by atoms with Crippen LogP contribution in [-0.2, 0) is 0 Å². The molecule has 8 aromatic carbocycles. The smallest absolute Gasteiger partial charge is 0.260 e. The number of ether oxygens (including phenoxy) is 2. The molecule has 0 amide bonds. The van der Waals surface area contributed by atoms with E-state index >= 15 is 0 Å². The number of nitrogens with zero attached hydrogens (tertiary/aromatic N) is 1. The van der Waals surface area contributed by atoms with Gasteiger partial charge in [-0.1, -0.05) is 133 Å². The Kier molecular flexibility index (Phi) is 7.78. The molecule has 0 unspecified atom stereocenters. The fraction of sp³-hybridized carbons (Fsp3) is 0.0182. The van der Waals surface area contributed by atoms with E-state index in [0.29, 0.717) is 0 Å². The largest absolute Gasteiger partial charge is 0.463 e. The highest BCUT2D eigenvalue weighted by Crippen LogP contribution is 2.46. The van der Waals surface area contributed by atoms with Crippen molar-refractivity contribution < 1.29 is 9.47 Å². The summed E-state index contributed by atoms with van der Waals surface area (Å²) in [4.78, 5) is 0. The van der Waals surface area contributed by atoms with Crippen LogP contribution in [0, 0.1) is 12.3 Å². The lowest BCUT2D eigenvalue weighted by molar-refractivity contribution is 0.419. The molecule has 2 aliphatic rings. The van der Waals surface area contributed by atoms with Crippen molar-refractivity contribution in [1.82, 2.24) is 4.57 Å². The normalized spacial score (nSPS) is 13.2. The number of hydrogen-bond donors (Lipinski definition) is 0. The van der Waals surface area contributed by atoms with Crippen LogP contribution in [0.1, 0.15) is 6.92 Å². The minimum absolute atomic E-state index is 0.0264. The molecule has 0 spiro atoms. The highest BCUT2D eigenvalue weighted by Gasteiger charge is 2.40. The predicted octanol–water partition coefficient (Wildman–Crippen LogP) is 13.3. The summed E-state index contributed by atoms with van der Waals surface area (Å²) >= 11 is 1.88. The Hall–Kier alpha value is -7.52. The molecule has 2 aliphatic heterocycles. The third-order valence-corrected chi connectivity index (χ3v) is 13.5. The van der Waals surface area contributed by atoms with E-state index in [9.17, 15) is 0 Å². The maximum absolute atomic E-state index is 6.58. The molecule has 0 saturated carbocycles. The van der Waals surface area contributed by atoms with E-state index in [2.05, 4.69) is 168 Å². The number of terminal acetylenes is 1. The Morgan fingerprint density at radius 1 is 0.550 bits per heavy atom. The van der Waals surface area contributed by atoms with Gasteiger partial charge in [0.1, 0.15) is 17.2 Å². The van der Waals surface area contributed by atoms with E-state index in [0.717, 1.165) is 50.5 Å². The van der Waals surface area contributed by atoms with Crippen LogP contribution in [0.5, 0.6) is 17.2 Å². The standard InChI is InChI=1S/C55H34BNO2S/c1-3-4-21-46-34(2)58-51-32-38(33-52-53(51)56(46)47-22-9-11-24-50(47)59-52)35-25-27-36(28-26-35)40-17-12-19-43-44-20-13-18-41(55(44)60-54(40)43)37-29-30-49-45(31-37)42-16-8-10-23-48(42)57(49)39-14-6-5-7-15-39/h1,4-33H,2H3/b21-4-. The minimum Gasteiger partial charge on any atom is -0.463 e. The number of para-hydroxylation sites is 3. The molecule has 0 saturated heterocycles. The number of hydrogen-bond acceptors (Lipinski definition) is 3.